The highest BCUT2D eigenvalue weighted by atomic mass is 16.1. The van der Waals surface area contributed by atoms with Gasteiger partial charge in [0.05, 0.1) is 0 Å². The minimum atomic E-state index is 0.200. The van der Waals surface area contributed by atoms with Crippen molar-refractivity contribution in [3.05, 3.63) is 48.0 Å². The molecule has 2 aliphatic rings. The summed E-state index contributed by atoms with van der Waals surface area (Å²) >= 11 is 0. The molecule has 2 aromatic rings. The zero-order valence-corrected chi connectivity index (χ0v) is 14.8. The summed E-state index contributed by atoms with van der Waals surface area (Å²) in [6, 6.07) is 15.6. The molecule has 0 spiro atoms. The lowest BCUT2D eigenvalue weighted by Crippen LogP contribution is -2.53. The summed E-state index contributed by atoms with van der Waals surface area (Å²) in [5.74, 6) is 1.38. The van der Waals surface area contributed by atoms with E-state index in [2.05, 4.69) is 47.8 Å². The van der Waals surface area contributed by atoms with Gasteiger partial charge in [-0.15, -0.1) is 0 Å². The van der Waals surface area contributed by atoms with Crippen molar-refractivity contribution < 1.29 is 4.79 Å². The van der Waals surface area contributed by atoms with E-state index in [1.807, 2.05) is 0 Å². The predicted molar refractivity (Wildman–Crippen MR) is 102 cm³/mol. The molecule has 25 heavy (non-hydrogen) atoms. The van der Waals surface area contributed by atoms with Gasteiger partial charge >= 0.3 is 0 Å². The third-order valence-corrected chi connectivity index (χ3v) is 6.16. The molecule has 2 aliphatic carbocycles. The van der Waals surface area contributed by atoms with Crippen LogP contribution < -0.4 is 11.1 Å². The van der Waals surface area contributed by atoms with Crippen LogP contribution >= 0.6 is 0 Å². The molecule has 4 rings (SSSR count). The molecule has 0 aromatic heterocycles. The highest BCUT2D eigenvalue weighted by molar-refractivity contribution is 5.83. The molecule has 2 unspecified atom stereocenters. The van der Waals surface area contributed by atoms with Gasteiger partial charge in [-0.25, -0.2) is 0 Å². The van der Waals surface area contributed by atoms with Gasteiger partial charge in [0.25, 0.3) is 0 Å². The molecule has 2 bridgehead atoms. The van der Waals surface area contributed by atoms with Crippen LogP contribution in [0.5, 0.6) is 0 Å². The molecule has 3 heteroatoms. The van der Waals surface area contributed by atoms with Gasteiger partial charge in [-0.2, -0.15) is 0 Å². The van der Waals surface area contributed by atoms with Gasteiger partial charge in [-0.05, 0) is 60.3 Å². The largest absolute Gasteiger partial charge is 0.353 e. The molecule has 0 saturated heterocycles. The number of nitrogens with two attached hydrogens (primary N) is 1. The van der Waals surface area contributed by atoms with Crippen LogP contribution in [0.15, 0.2) is 42.5 Å². The van der Waals surface area contributed by atoms with Crippen LogP contribution in [-0.4, -0.2) is 18.0 Å². The summed E-state index contributed by atoms with van der Waals surface area (Å²) in [5, 5.41) is 5.85. The Kier molecular flexibility index (Phi) is 4.76. The smallest absolute Gasteiger partial charge is 0.220 e. The maximum atomic E-state index is 12.5. The topological polar surface area (TPSA) is 55.1 Å². The van der Waals surface area contributed by atoms with Gasteiger partial charge in [0.1, 0.15) is 0 Å². The normalized spacial score (nSPS) is 28.7. The first-order valence-electron chi connectivity index (χ1n) is 9.71. The maximum absolute atomic E-state index is 12.5. The Bertz CT molecular complexity index is 743. The fraction of sp³-hybridized carbons (Fsp3) is 0.500. The van der Waals surface area contributed by atoms with E-state index in [1.54, 1.807) is 0 Å². The fourth-order valence-electron chi connectivity index (χ4n) is 4.94. The van der Waals surface area contributed by atoms with Crippen LogP contribution in [0, 0.1) is 11.8 Å². The van der Waals surface area contributed by atoms with Crippen molar-refractivity contribution in [3.63, 3.8) is 0 Å². The number of rotatable bonds is 4. The van der Waals surface area contributed by atoms with Crippen molar-refractivity contribution >= 4 is 16.7 Å². The molecular formula is C22H28N2O. The van der Waals surface area contributed by atoms with Crippen molar-refractivity contribution in [3.8, 4) is 0 Å². The molecule has 1 amide bonds. The van der Waals surface area contributed by atoms with Crippen molar-refractivity contribution in [1.29, 1.82) is 0 Å². The van der Waals surface area contributed by atoms with Gasteiger partial charge in [-0.3, -0.25) is 4.79 Å². The molecule has 2 fully saturated rings. The first-order valence-corrected chi connectivity index (χ1v) is 9.71. The number of amides is 1. The van der Waals surface area contributed by atoms with E-state index in [9.17, 15) is 4.79 Å². The van der Waals surface area contributed by atoms with Gasteiger partial charge < -0.3 is 11.1 Å². The summed E-state index contributed by atoms with van der Waals surface area (Å²) in [4.78, 5) is 12.5. The van der Waals surface area contributed by atoms with E-state index >= 15 is 0 Å². The molecule has 0 aliphatic heterocycles. The Balaban J connectivity index is 1.35. The minimum absolute atomic E-state index is 0.200. The molecule has 3 nitrogen and oxygen atoms in total. The first kappa shape index (κ1) is 16.6. The summed E-state index contributed by atoms with van der Waals surface area (Å²) < 4.78 is 0. The summed E-state index contributed by atoms with van der Waals surface area (Å²) in [6.45, 7) is 0. The average molecular weight is 336 g/mol. The van der Waals surface area contributed by atoms with Crippen LogP contribution in [-0.2, 0) is 11.2 Å². The third kappa shape index (κ3) is 3.72. The zero-order chi connectivity index (χ0) is 17.2. The van der Waals surface area contributed by atoms with Crippen molar-refractivity contribution in [2.75, 3.05) is 0 Å². The second kappa shape index (κ2) is 7.17. The predicted octanol–water partition coefficient (Wildman–Crippen LogP) is 3.79. The number of fused-ring (bicyclic) bond motifs is 3. The minimum Gasteiger partial charge on any atom is -0.353 e. The standard InChI is InChI=1S/C22H28N2O/c23-20-13-18-6-3-7-19(14-20)22(18)24-21(25)11-9-15-8-10-16-4-1-2-5-17(16)12-15/h1-2,4-5,8,10,12,18-20,22H,3,6-7,9,11,13-14,23H2,(H,24,25). The van der Waals surface area contributed by atoms with E-state index < -0.39 is 0 Å². The average Bonchev–Trinajstić information content (AvgIpc) is 2.60. The molecule has 0 heterocycles. The molecule has 132 valence electrons. The lowest BCUT2D eigenvalue weighted by atomic mass is 9.67. The lowest BCUT2D eigenvalue weighted by Gasteiger charge is -2.45. The fourth-order valence-corrected chi connectivity index (χ4v) is 4.94. The Morgan fingerprint density at radius 1 is 1.04 bits per heavy atom. The van der Waals surface area contributed by atoms with E-state index in [1.165, 1.54) is 35.6 Å². The van der Waals surface area contributed by atoms with Crippen molar-refractivity contribution in [2.45, 2.75) is 57.0 Å². The monoisotopic (exact) mass is 336 g/mol. The molecule has 0 radical (unpaired) electrons. The zero-order valence-electron chi connectivity index (χ0n) is 14.8. The number of hydrogen-bond acceptors (Lipinski definition) is 2. The van der Waals surface area contributed by atoms with Gasteiger partial charge in [0.2, 0.25) is 5.91 Å². The van der Waals surface area contributed by atoms with Crippen LogP contribution in [0.2, 0.25) is 0 Å². The number of aryl methyl sites for hydroxylation is 1. The van der Waals surface area contributed by atoms with Crippen LogP contribution in [0.4, 0.5) is 0 Å². The van der Waals surface area contributed by atoms with Crippen LogP contribution in [0.3, 0.4) is 0 Å². The quantitative estimate of drug-likeness (QED) is 0.892. The van der Waals surface area contributed by atoms with E-state index in [0.717, 1.165) is 19.3 Å². The molecule has 3 N–H and O–H groups in total. The van der Waals surface area contributed by atoms with Crippen molar-refractivity contribution in [2.24, 2.45) is 17.6 Å². The Labute approximate surface area is 150 Å². The van der Waals surface area contributed by atoms with E-state index in [4.69, 9.17) is 5.73 Å². The first-order chi connectivity index (χ1) is 12.2. The molecule has 2 atom stereocenters. The third-order valence-electron chi connectivity index (χ3n) is 6.16. The second-order valence-electron chi connectivity index (χ2n) is 7.96. The van der Waals surface area contributed by atoms with E-state index in [-0.39, 0.29) is 5.91 Å². The van der Waals surface area contributed by atoms with Gasteiger partial charge in [0, 0.05) is 18.5 Å². The Hall–Kier alpha value is -1.87. The van der Waals surface area contributed by atoms with Crippen LogP contribution in [0.25, 0.3) is 10.8 Å². The lowest BCUT2D eigenvalue weighted by molar-refractivity contribution is -0.123. The number of benzene rings is 2. The number of carbonyl (C=O) groups excluding carboxylic acids is 1. The van der Waals surface area contributed by atoms with Gasteiger partial charge in [0.15, 0.2) is 0 Å². The summed E-state index contributed by atoms with van der Waals surface area (Å²) in [5.41, 5.74) is 7.42. The molecule has 2 saturated carbocycles. The highest BCUT2D eigenvalue weighted by Gasteiger charge is 2.39. The van der Waals surface area contributed by atoms with Crippen molar-refractivity contribution in [1.82, 2.24) is 5.32 Å². The highest BCUT2D eigenvalue weighted by Crippen LogP contribution is 2.39. The Morgan fingerprint density at radius 3 is 2.52 bits per heavy atom. The number of carbonyl (C=O) groups is 1. The van der Waals surface area contributed by atoms with Gasteiger partial charge in [-0.1, -0.05) is 48.9 Å². The maximum Gasteiger partial charge on any atom is 0.220 e. The molecule has 2 aromatic carbocycles. The Morgan fingerprint density at radius 2 is 1.76 bits per heavy atom. The van der Waals surface area contributed by atoms with E-state index in [0.29, 0.717) is 30.3 Å². The second-order valence-corrected chi connectivity index (χ2v) is 7.96. The molecular weight excluding hydrogens is 308 g/mol. The summed E-state index contributed by atoms with van der Waals surface area (Å²) in [7, 11) is 0. The number of nitrogens with one attached hydrogen (secondary N) is 1. The SMILES string of the molecule is NC1CC2CCCC(C1)C2NC(=O)CCc1ccc2ccccc2c1. The summed E-state index contributed by atoms with van der Waals surface area (Å²) in [6.07, 6.45) is 7.27. The van der Waals surface area contributed by atoms with Crippen LogP contribution in [0.1, 0.15) is 44.1 Å². The number of hydrogen-bond donors (Lipinski definition) is 2.